The molecule has 0 spiro atoms. The zero-order valence-corrected chi connectivity index (χ0v) is 16.1. The standard InChI is InChI=1S/C20H23N5OS/c1-2-21-19(26)14-9-10-22-18(12-14)23-15-6-5-11-25(13-15)20-24-16-7-3-4-8-17(16)27-20/h3-4,7-10,12,15H,2,5-6,11,13H2,1H3,(H,21,26)(H,22,23)/t15-/m1/s1. The molecule has 1 amide bonds. The maximum atomic E-state index is 12.0. The van der Waals surface area contributed by atoms with Gasteiger partial charge in [-0.3, -0.25) is 4.79 Å². The van der Waals surface area contributed by atoms with Crippen LogP contribution in [0.25, 0.3) is 10.2 Å². The number of rotatable bonds is 5. The lowest BCUT2D eigenvalue weighted by atomic mass is 10.1. The van der Waals surface area contributed by atoms with Gasteiger partial charge in [0, 0.05) is 37.4 Å². The van der Waals surface area contributed by atoms with Crippen LogP contribution in [0.3, 0.4) is 0 Å². The second kappa shape index (κ2) is 7.92. The Morgan fingerprint density at radius 1 is 1.33 bits per heavy atom. The van der Waals surface area contributed by atoms with Crippen LogP contribution in [0.1, 0.15) is 30.1 Å². The van der Waals surface area contributed by atoms with E-state index in [0.29, 0.717) is 12.1 Å². The topological polar surface area (TPSA) is 70.2 Å². The highest BCUT2D eigenvalue weighted by molar-refractivity contribution is 7.22. The number of carbonyl (C=O) groups is 1. The summed E-state index contributed by atoms with van der Waals surface area (Å²) < 4.78 is 1.22. The van der Waals surface area contributed by atoms with Crippen LogP contribution in [0.15, 0.2) is 42.6 Å². The van der Waals surface area contributed by atoms with Crippen LogP contribution in [0.5, 0.6) is 0 Å². The Hall–Kier alpha value is -2.67. The lowest BCUT2D eigenvalue weighted by Crippen LogP contribution is -2.42. The first-order valence-corrected chi connectivity index (χ1v) is 10.2. The number of amides is 1. The summed E-state index contributed by atoms with van der Waals surface area (Å²) in [5, 5.41) is 7.40. The third-order valence-corrected chi connectivity index (χ3v) is 5.78. The van der Waals surface area contributed by atoms with Gasteiger partial charge in [-0.15, -0.1) is 0 Å². The van der Waals surface area contributed by atoms with Crippen molar-refractivity contribution in [1.29, 1.82) is 0 Å². The molecule has 0 bridgehead atoms. The van der Waals surface area contributed by atoms with E-state index in [1.165, 1.54) is 4.70 Å². The van der Waals surface area contributed by atoms with E-state index in [0.717, 1.165) is 42.4 Å². The Kier molecular flexibility index (Phi) is 5.20. The number of pyridine rings is 1. The zero-order valence-electron chi connectivity index (χ0n) is 15.3. The number of aromatic nitrogens is 2. The van der Waals surface area contributed by atoms with Crippen LogP contribution in [-0.4, -0.2) is 41.6 Å². The quantitative estimate of drug-likeness (QED) is 0.708. The number of hydrogen-bond donors (Lipinski definition) is 2. The Bertz CT molecular complexity index is 908. The van der Waals surface area contributed by atoms with Gasteiger partial charge in [0.05, 0.1) is 10.2 Å². The SMILES string of the molecule is CCNC(=O)c1ccnc(N[C@@H]2CCCN(c3nc4ccccc4s3)C2)c1. The molecule has 2 N–H and O–H groups in total. The second-order valence-electron chi connectivity index (χ2n) is 6.68. The van der Waals surface area contributed by atoms with Gasteiger partial charge < -0.3 is 15.5 Å². The summed E-state index contributed by atoms with van der Waals surface area (Å²) >= 11 is 1.74. The van der Waals surface area contributed by atoms with Gasteiger partial charge in [-0.1, -0.05) is 23.5 Å². The molecule has 1 fully saturated rings. The van der Waals surface area contributed by atoms with Crippen molar-refractivity contribution in [2.45, 2.75) is 25.8 Å². The molecule has 0 radical (unpaired) electrons. The third kappa shape index (κ3) is 4.03. The van der Waals surface area contributed by atoms with E-state index in [9.17, 15) is 4.79 Å². The minimum absolute atomic E-state index is 0.0669. The fourth-order valence-corrected chi connectivity index (χ4v) is 4.39. The molecule has 0 unspecified atom stereocenters. The van der Waals surface area contributed by atoms with E-state index < -0.39 is 0 Å². The van der Waals surface area contributed by atoms with Crippen LogP contribution in [0.2, 0.25) is 0 Å². The summed E-state index contributed by atoms with van der Waals surface area (Å²) in [4.78, 5) is 23.5. The molecule has 1 aliphatic heterocycles. The third-order valence-electron chi connectivity index (χ3n) is 4.69. The molecule has 2 aromatic heterocycles. The number of para-hydroxylation sites is 1. The number of nitrogens with one attached hydrogen (secondary N) is 2. The van der Waals surface area contributed by atoms with E-state index in [1.807, 2.05) is 19.1 Å². The van der Waals surface area contributed by atoms with Crippen LogP contribution >= 0.6 is 11.3 Å². The van der Waals surface area contributed by atoms with E-state index in [-0.39, 0.29) is 11.9 Å². The number of fused-ring (bicyclic) bond motifs is 1. The van der Waals surface area contributed by atoms with Gasteiger partial charge in [0.1, 0.15) is 5.82 Å². The number of hydrogen-bond acceptors (Lipinski definition) is 6. The van der Waals surface area contributed by atoms with Crippen LogP contribution in [0, 0.1) is 0 Å². The first-order valence-electron chi connectivity index (χ1n) is 9.34. The molecule has 1 saturated heterocycles. The van der Waals surface area contributed by atoms with Gasteiger partial charge in [0.2, 0.25) is 0 Å². The lowest BCUT2D eigenvalue weighted by molar-refractivity contribution is 0.0955. The average Bonchev–Trinajstić information content (AvgIpc) is 3.13. The zero-order chi connectivity index (χ0) is 18.6. The van der Waals surface area contributed by atoms with E-state index >= 15 is 0 Å². The molecule has 27 heavy (non-hydrogen) atoms. The molecule has 0 aliphatic carbocycles. The summed E-state index contributed by atoms with van der Waals surface area (Å²) in [6.45, 7) is 4.43. The van der Waals surface area contributed by atoms with E-state index in [1.54, 1.807) is 23.6 Å². The van der Waals surface area contributed by atoms with Crippen molar-refractivity contribution in [2.24, 2.45) is 0 Å². The smallest absolute Gasteiger partial charge is 0.251 e. The summed E-state index contributed by atoms with van der Waals surface area (Å²) in [6, 6.07) is 12.1. The Balaban J connectivity index is 1.45. The lowest BCUT2D eigenvalue weighted by Gasteiger charge is -2.33. The maximum absolute atomic E-state index is 12.0. The predicted octanol–water partition coefficient (Wildman–Crippen LogP) is 3.52. The first kappa shape index (κ1) is 17.7. The molecule has 3 aromatic rings. The van der Waals surface area contributed by atoms with Crippen molar-refractivity contribution < 1.29 is 4.79 Å². The van der Waals surface area contributed by atoms with E-state index in [4.69, 9.17) is 4.98 Å². The highest BCUT2D eigenvalue weighted by Crippen LogP contribution is 2.30. The number of thiazole rings is 1. The molecule has 6 nitrogen and oxygen atoms in total. The van der Waals surface area contributed by atoms with Crippen molar-refractivity contribution in [2.75, 3.05) is 29.9 Å². The van der Waals surface area contributed by atoms with Gasteiger partial charge in [-0.2, -0.15) is 0 Å². The maximum Gasteiger partial charge on any atom is 0.251 e. The van der Waals surface area contributed by atoms with Crippen molar-refractivity contribution in [3.8, 4) is 0 Å². The predicted molar refractivity (Wildman–Crippen MR) is 111 cm³/mol. The average molecular weight is 382 g/mol. The monoisotopic (exact) mass is 381 g/mol. The number of nitrogens with zero attached hydrogens (tertiary/aromatic N) is 3. The molecule has 4 rings (SSSR count). The first-order chi connectivity index (χ1) is 13.2. The summed E-state index contributed by atoms with van der Waals surface area (Å²) in [7, 11) is 0. The van der Waals surface area contributed by atoms with Crippen molar-refractivity contribution in [3.05, 3.63) is 48.2 Å². The molecule has 140 valence electrons. The van der Waals surface area contributed by atoms with Gasteiger partial charge in [0.15, 0.2) is 5.13 Å². The second-order valence-corrected chi connectivity index (χ2v) is 7.69. The molecular formula is C20H23N5OS. The minimum Gasteiger partial charge on any atom is -0.366 e. The van der Waals surface area contributed by atoms with Gasteiger partial charge >= 0.3 is 0 Å². The fourth-order valence-electron chi connectivity index (χ4n) is 3.39. The number of anilines is 2. The summed E-state index contributed by atoms with van der Waals surface area (Å²) in [5.41, 5.74) is 1.69. The van der Waals surface area contributed by atoms with Crippen molar-refractivity contribution in [1.82, 2.24) is 15.3 Å². The summed E-state index contributed by atoms with van der Waals surface area (Å²) in [5.74, 6) is 0.678. The normalized spacial score (nSPS) is 17.1. The van der Waals surface area contributed by atoms with E-state index in [2.05, 4.69) is 38.7 Å². The molecule has 1 aliphatic rings. The summed E-state index contributed by atoms with van der Waals surface area (Å²) in [6.07, 6.45) is 3.86. The number of carbonyl (C=O) groups excluding carboxylic acids is 1. The molecule has 3 heterocycles. The van der Waals surface area contributed by atoms with Crippen LogP contribution in [0.4, 0.5) is 10.9 Å². The highest BCUT2D eigenvalue weighted by atomic mass is 32.1. The highest BCUT2D eigenvalue weighted by Gasteiger charge is 2.22. The van der Waals surface area contributed by atoms with Gasteiger partial charge in [0.25, 0.3) is 5.91 Å². The molecule has 0 saturated carbocycles. The Morgan fingerprint density at radius 2 is 2.22 bits per heavy atom. The Labute approximate surface area is 162 Å². The van der Waals surface area contributed by atoms with Gasteiger partial charge in [-0.25, -0.2) is 9.97 Å². The van der Waals surface area contributed by atoms with Gasteiger partial charge in [-0.05, 0) is 44.0 Å². The number of benzene rings is 1. The van der Waals surface area contributed by atoms with Crippen molar-refractivity contribution >= 4 is 38.4 Å². The Morgan fingerprint density at radius 3 is 3.07 bits per heavy atom. The molecular weight excluding hydrogens is 358 g/mol. The van der Waals surface area contributed by atoms with Crippen molar-refractivity contribution in [3.63, 3.8) is 0 Å². The van der Waals surface area contributed by atoms with Crippen LogP contribution in [-0.2, 0) is 0 Å². The van der Waals surface area contributed by atoms with Crippen LogP contribution < -0.4 is 15.5 Å². The largest absolute Gasteiger partial charge is 0.366 e. The molecule has 1 atom stereocenters. The fraction of sp³-hybridized carbons (Fsp3) is 0.350. The minimum atomic E-state index is -0.0669. The number of piperidine rings is 1. The molecule has 1 aromatic carbocycles. The molecule has 7 heteroatoms.